The summed E-state index contributed by atoms with van der Waals surface area (Å²) in [5.74, 6) is -0.985. The van der Waals surface area contributed by atoms with Crippen LogP contribution >= 0.6 is 0 Å². The minimum Gasteiger partial charge on any atom is -0.461 e. The molecule has 6 nitrogen and oxygen atoms in total. The molecule has 0 saturated heterocycles. The Labute approximate surface area is 135 Å². The molecule has 1 aliphatic carbocycles. The zero-order valence-electron chi connectivity index (χ0n) is 12.7. The highest BCUT2D eigenvalue weighted by molar-refractivity contribution is 7.89. The molecular weight excluding hydrogens is 356 g/mol. The van der Waals surface area contributed by atoms with Gasteiger partial charge in [-0.1, -0.05) is 0 Å². The number of esters is 1. The Kier molecular flexibility index (Phi) is 4.96. The summed E-state index contributed by atoms with van der Waals surface area (Å²) in [5.41, 5.74) is -3.55. The van der Waals surface area contributed by atoms with E-state index in [1.54, 1.807) is 4.72 Å². The van der Waals surface area contributed by atoms with Crippen molar-refractivity contribution in [1.29, 1.82) is 0 Å². The van der Waals surface area contributed by atoms with Crippen molar-refractivity contribution in [3.05, 3.63) is 17.5 Å². The first-order valence-corrected chi connectivity index (χ1v) is 8.60. The van der Waals surface area contributed by atoms with E-state index >= 15 is 0 Å². The van der Waals surface area contributed by atoms with Gasteiger partial charge >= 0.3 is 12.1 Å². The van der Waals surface area contributed by atoms with Crippen molar-refractivity contribution in [3.63, 3.8) is 0 Å². The molecule has 0 bridgehead atoms. The van der Waals surface area contributed by atoms with Crippen molar-refractivity contribution in [2.45, 2.75) is 49.5 Å². The number of aromatic nitrogens is 1. The topological polar surface area (TPSA) is 88.3 Å². The van der Waals surface area contributed by atoms with Crippen LogP contribution in [0.4, 0.5) is 17.6 Å². The van der Waals surface area contributed by atoms with Gasteiger partial charge in [0.05, 0.1) is 6.61 Å². The molecule has 2 N–H and O–H groups in total. The summed E-state index contributed by atoms with van der Waals surface area (Å²) in [7, 11) is -4.68. The monoisotopic (exact) mass is 372 g/mol. The summed E-state index contributed by atoms with van der Waals surface area (Å²) in [6.45, 7) is 0.118. The van der Waals surface area contributed by atoms with Crippen LogP contribution < -0.4 is 4.72 Å². The number of rotatable bonds is 6. The maximum atomic E-state index is 13.2. The van der Waals surface area contributed by atoms with E-state index in [4.69, 9.17) is 0 Å². The van der Waals surface area contributed by atoms with E-state index in [0.717, 1.165) is 6.20 Å². The summed E-state index contributed by atoms with van der Waals surface area (Å²) in [6, 6.07) is 0. The summed E-state index contributed by atoms with van der Waals surface area (Å²) in [6.07, 6.45) is -4.55. The quantitative estimate of drug-likeness (QED) is 0.593. The van der Waals surface area contributed by atoms with E-state index in [-0.39, 0.29) is 13.0 Å². The number of sulfonamides is 1. The highest BCUT2D eigenvalue weighted by atomic mass is 32.2. The van der Waals surface area contributed by atoms with Crippen molar-refractivity contribution in [2.24, 2.45) is 0 Å². The number of carbonyl (C=O) groups is 1. The maximum absolute atomic E-state index is 13.2. The largest absolute Gasteiger partial charge is 0.461 e. The van der Waals surface area contributed by atoms with Gasteiger partial charge in [0.1, 0.15) is 22.8 Å². The number of alkyl halides is 4. The molecular formula is C13H16F4N2O4S. The third-order valence-corrected chi connectivity index (χ3v) is 5.53. The number of nitrogens with one attached hydrogen (secondary N) is 2. The first-order chi connectivity index (χ1) is 11.1. The van der Waals surface area contributed by atoms with E-state index in [0.29, 0.717) is 0 Å². The molecule has 1 aromatic rings. The molecule has 11 heteroatoms. The van der Waals surface area contributed by atoms with Crippen LogP contribution in [0.25, 0.3) is 0 Å². The van der Waals surface area contributed by atoms with Crippen LogP contribution in [-0.2, 0) is 21.4 Å². The van der Waals surface area contributed by atoms with E-state index in [1.165, 1.54) is 6.92 Å². The van der Waals surface area contributed by atoms with E-state index in [9.17, 15) is 30.8 Å². The molecule has 1 heterocycles. The van der Waals surface area contributed by atoms with Crippen LogP contribution in [-0.4, -0.2) is 37.7 Å². The predicted octanol–water partition coefficient (Wildman–Crippen LogP) is 2.42. The molecule has 0 spiro atoms. The lowest BCUT2D eigenvalue weighted by molar-refractivity contribution is -0.212. The zero-order chi connectivity index (χ0) is 18.2. The van der Waals surface area contributed by atoms with Crippen LogP contribution in [0.1, 0.15) is 42.2 Å². The van der Waals surface area contributed by atoms with Crippen LogP contribution in [0.15, 0.2) is 11.1 Å². The molecule has 136 valence electrons. The smallest absolute Gasteiger partial charge is 0.407 e. The maximum Gasteiger partial charge on any atom is 0.407 e. The van der Waals surface area contributed by atoms with Crippen LogP contribution in [0.3, 0.4) is 0 Å². The van der Waals surface area contributed by atoms with Gasteiger partial charge in [-0.15, -0.1) is 0 Å². The molecule has 0 atom stereocenters. The summed E-state index contributed by atoms with van der Waals surface area (Å²) >= 11 is 0. The molecule has 0 unspecified atom stereocenters. The fourth-order valence-electron chi connectivity index (χ4n) is 2.48. The summed E-state index contributed by atoms with van der Waals surface area (Å²) in [4.78, 5) is 13.2. The molecule has 1 saturated carbocycles. The fraction of sp³-hybridized carbons (Fsp3) is 0.615. The Bertz CT molecular complexity index is 723. The Morgan fingerprint density at radius 2 is 2.04 bits per heavy atom. The van der Waals surface area contributed by atoms with Crippen molar-refractivity contribution in [1.82, 2.24) is 9.71 Å². The lowest BCUT2D eigenvalue weighted by Crippen LogP contribution is -2.62. The average molecular weight is 372 g/mol. The van der Waals surface area contributed by atoms with Gasteiger partial charge in [0.15, 0.2) is 0 Å². The minimum atomic E-state index is -4.77. The minimum absolute atomic E-state index is 0.0267. The molecule has 0 aliphatic heterocycles. The molecule has 1 aliphatic rings. The second-order valence-electron chi connectivity index (χ2n) is 5.40. The van der Waals surface area contributed by atoms with E-state index in [2.05, 4.69) is 9.72 Å². The Morgan fingerprint density at radius 1 is 1.42 bits per heavy atom. The van der Waals surface area contributed by atoms with Gasteiger partial charge in [-0.25, -0.2) is 17.6 Å². The van der Waals surface area contributed by atoms with Gasteiger partial charge in [-0.2, -0.15) is 17.9 Å². The standard InChI is InChI=1S/C13H16F4N2O4S/c1-2-23-11(20)10-8(6-14)9(7-18-10)24(21,22)19-12(4-3-5-12)13(15,16)17/h7,18-19H,2-6H2,1H3. The second-order valence-corrected chi connectivity index (χ2v) is 7.05. The number of carbonyl (C=O) groups excluding carboxylic acids is 1. The van der Waals surface area contributed by atoms with Crippen LogP contribution in [0.5, 0.6) is 0 Å². The lowest BCUT2D eigenvalue weighted by Gasteiger charge is -2.43. The molecule has 2 rings (SSSR count). The molecule has 1 fully saturated rings. The molecule has 0 amide bonds. The van der Waals surface area contributed by atoms with Crippen molar-refractivity contribution < 1.29 is 35.5 Å². The van der Waals surface area contributed by atoms with Crippen molar-refractivity contribution in [3.8, 4) is 0 Å². The summed E-state index contributed by atoms with van der Waals surface area (Å²) in [5, 5.41) is 0. The van der Waals surface area contributed by atoms with Gasteiger partial charge in [-0.05, 0) is 26.2 Å². The van der Waals surface area contributed by atoms with Gasteiger partial charge in [0.25, 0.3) is 0 Å². The number of halogens is 4. The number of H-pyrrole nitrogens is 1. The molecule has 1 aromatic heterocycles. The highest BCUT2D eigenvalue weighted by Crippen LogP contribution is 2.46. The highest BCUT2D eigenvalue weighted by Gasteiger charge is 2.60. The first kappa shape index (κ1) is 18.7. The summed E-state index contributed by atoms with van der Waals surface area (Å²) < 4.78 is 83.5. The Morgan fingerprint density at radius 3 is 2.46 bits per heavy atom. The number of ether oxygens (including phenoxy) is 1. The van der Waals surface area contributed by atoms with Crippen LogP contribution in [0, 0.1) is 0 Å². The van der Waals surface area contributed by atoms with E-state index in [1.807, 2.05) is 0 Å². The van der Waals surface area contributed by atoms with Gasteiger partial charge in [-0.3, -0.25) is 0 Å². The lowest BCUT2D eigenvalue weighted by atomic mass is 9.77. The average Bonchev–Trinajstić information content (AvgIpc) is 2.86. The molecule has 0 aromatic carbocycles. The number of aromatic amines is 1. The van der Waals surface area contributed by atoms with Gasteiger partial charge < -0.3 is 9.72 Å². The first-order valence-electron chi connectivity index (χ1n) is 7.12. The SMILES string of the molecule is CCOC(=O)c1[nH]cc(S(=O)(=O)NC2(C(F)(F)F)CCC2)c1CF. The Balaban J connectivity index is 2.38. The molecule has 24 heavy (non-hydrogen) atoms. The van der Waals surface area contributed by atoms with E-state index < -0.39 is 63.4 Å². The van der Waals surface area contributed by atoms with Crippen molar-refractivity contribution >= 4 is 16.0 Å². The number of hydrogen-bond acceptors (Lipinski definition) is 4. The predicted molar refractivity (Wildman–Crippen MR) is 74.5 cm³/mol. The Hall–Kier alpha value is -1.62. The number of hydrogen-bond donors (Lipinski definition) is 2. The third-order valence-electron chi connectivity index (χ3n) is 3.93. The fourth-order valence-corrected chi connectivity index (χ4v) is 4.12. The van der Waals surface area contributed by atoms with Gasteiger partial charge in [0, 0.05) is 11.8 Å². The van der Waals surface area contributed by atoms with Crippen molar-refractivity contribution in [2.75, 3.05) is 6.61 Å². The molecule has 0 radical (unpaired) electrons. The second kappa shape index (κ2) is 6.36. The van der Waals surface area contributed by atoms with Crippen LogP contribution in [0.2, 0.25) is 0 Å². The van der Waals surface area contributed by atoms with Gasteiger partial charge in [0.2, 0.25) is 10.0 Å². The zero-order valence-corrected chi connectivity index (χ0v) is 13.5. The normalized spacial score (nSPS) is 17.4. The third kappa shape index (κ3) is 3.14.